The maximum atomic E-state index is 10.4. The average molecular weight is 150 g/mol. The minimum atomic E-state index is -0.431. The van der Waals surface area contributed by atoms with Gasteiger partial charge in [0.05, 0.1) is 0 Å². The molecule has 10 heavy (non-hydrogen) atoms. The molecule has 0 aliphatic carbocycles. The molecule has 0 bridgehead atoms. The van der Waals surface area contributed by atoms with Gasteiger partial charge in [-0.3, -0.25) is 4.79 Å². The third kappa shape index (κ3) is 7.96. The Morgan fingerprint density at radius 2 is 2.30 bits per heavy atom. The van der Waals surface area contributed by atoms with E-state index in [0.29, 0.717) is 6.42 Å². The van der Waals surface area contributed by atoms with Gasteiger partial charge < -0.3 is 4.74 Å². The Labute approximate surface area is 82.6 Å². The fraction of sp³-hybridized carbons (Fsp3) is 0.667. The molecule has 0 aliphatic rings. The summed E-state index contributed by atoms with van der Waals surface area (Å²) in [6, 6.07) is 0. The summed E-state index contributed by atoms with van der Waals surface area (Å²) >= 11 is 0. The zero-order valence-corrected chi connectivity index (χ0v) is 8.39. The summed E-state index contributed by atoms with van der Waals surface area (Å²) in [6.45, 7) is 1.97. The van der Waals surface area contributed by atoms with Crippen LogP contribution in [0.2, 0.25) is 0 Å². The predicted octanol–water partition coefficient (Wildman–Crippen LogP) is 0.820. The number of carbonyl (C=O) groups excluding carboxylic acids is 1. The third-order valence-electron chi connectivity index (χ3n) is 0.894. The molecular formula is C6H9NNaO2. The molecule has 0 saturated carbocycles. The molecule has 0 aromatic rings. The first kappa shape index (κ1) is 12.6. The maximum absolute atomic E-state index is 10.4. The number of ether oxygens (including phenoxy) is 1. The Kier molecular flexibility index (Phi) is 11.3. The Morgan fingerprint density at radius 1 is 1.70 bits per heavy atom. The summed E-state index contributed by atoms with van der Waals surface area (Å²) in [4.78, 5) is 10.4. The van der Waals surface area contributed by atoms with Crippen LogP contribution >= 0.6 is 0 Å². The van der Waals surface area contributed by atoms with Crippen molar-refractivity contribution in [1.29, 1.82) is 5.26 Å². The van der Waals surface area contributed by atoms with Crippen LogP contribution in [0.3, 0.4) is 0 Å². The zero-order valence-electron chi connectivity index (χ0n) is 6.39. The van der Waals surface area contributed by atoms with Crippen molar-refractivity contribution in [2.45, 2.75) is 26.2 Å². The minimum Gasteiger partial charge on any atom is -0.351 e. The van der Waals surface area contributed by atoms with E-state index in [-0.39, 0.29) is 29.6 Å². The van der Waals surface area contributed by atoms with Gasteiger partial charge >= 0.3 is 5.97 Å². The number of hydrogen-bond acceptors (Lipinski definition) is 3. The molecule has 0 amide bonds. The van der Waals surface area contributed by atoms with Gasteiger partial charge in [0.25, 0.3) is 6.26 Å². The molecule has 0 aliphatic heterocycles. The average Bonchev–Trinajstić information content (AvgIpc) is 1.85. The van der Waals surface area contributed by atoms with E-state index in [4.69, 9.17) is 5.26 Å². The summed E-state index contributed by atoms with van der Waals surface area (Å²) in [5.74, 6) is -0.431. The van der Waals surface area contributed by atoms with Crippen molar-refractivity contribution in [2.24, 2.45) is 0 Å². The van der Waals surface area contributed by atoms with Crippen LogP contribution in [0.25, 0.3) is 0 Å². The van der Waals surface area contributed by atoms with Crippen LogP contribution in [-0.2, 0) is 9.53 Å². The summed E-state index contributed by atoms with van der Waals surface area (Å²) < 4.78 is 4.01. The topological polar surface area (TPSA) is 50.1 Å². The number of hydrogen-bond donors (Lipinski definition) is 0. The van der Waals surface area contributed by atoms with Gasteiger partial charge in [0, 0.05) is 36.0 Å². The molecule has 0 saturated heterocycles. The van der Waals surface area contributed by atoms with Crippen molar-refractivity contribution in [3.8, 4) is 6.26 Å². The van der Waals surface area contributed by atoms with E-state index in [1.807, 2.05) is 6.92 Å². The molecule has 4 heteroatoms. The number of nitriles is 1. The normalized spacial score (nSPS) is 7.20. The predicted molar refractivity (Wildman–Crippen MR) is 37.0 cm³/mol. The number of nitrogens with zero attached hydrogens (tertiary/aromatic N) is 1. The van der Waals surface area contributed by atoms with E-state index in [1.54, 1.807) is 0 Å². The molecule has 0 rings (SSSR count). The van der Waals surface area contributed by atoms with Crippen LogP contribution in [0.1, 0.15) is 26.2 Å². The van der Waals surface area contributed by atoms with Crippen LogP contribution in [-0.4, -0.2) is 35.5 Å². The zero-order chi connectivity index (χ0) is 7.11. The first-order chi connectivity index (χ1) is 4.31. The van der Waals surface area contributed by atoms with Gasteiger partial charge in [0.1, 0.15) is 0 Å². The molecule has 0 N–H and O–H groups in total. The second-order valence-electron chi connectivity index (χ2n) is 1.67. The second kappa shape index (κ2) is 8.96. The Balaban J connectivity index is 0. The quantitative estimate of drug-likeness (QED) is 0.340. The minimum absolute atomic E-state index is 0. The van der Waals surface area contributed by atoms with Crippen LogP contribution < -0.4 is 0 Å². The van der Waals surface area contributed by atoms with Gasteiger partial charge in [-0.1, -0.05) is 13.3 Å². The standard InChI is InChI=1S/C6H9NO2.Na/c1-2-3-4-6(8)9-5-7;/h2-4H2,1H3;. The largest absolute Gasteiger partial charge is 0.351 e. The van der Waals surface area contributed by atoms with Gasteiger partial charge in [-0.25, -0.2) is 0 Å². The summed E-state index contributed by atoms with van der Waals surface area (Å²) in [6.07, 6.45) is 3.42. The Hall–Kier alpha value is -0.0400. The van der Waals surface area contributed by atoms with E-state index >= 15 is 0 Å². The maximum Gasteiger partial charge on any atom is 0.321 e. The van der Waals surface area contributed by atoms with Crippen molar-refractivity contribution >= 4 is 35.5 Å². The summed E-state index contributed by atoms with van der Waals surface area (Å²) in [5, 5.41) is 7.84. The molecular weight excluding hydrogens is 141 g/mol. The van der Waals surface area contributed by atoms with E-state index in [1.165, 1.54) is 6.26 Å². The molecule has 0 spiro atoms. The van der Waals surface area contributed by atoms with Gasteiger partial charge in [-0.05, 0) is 6.42 Å². The second-order valence-corrected chi connectivity index (χ2v) is 1.67. The fourth-order valence-corrected chi connectivity index (χ4v) is 0.423. The van der Waals surface area contributed by atoms with E-state index < -0.39 is 5.97 Å². The number of carbonyl (C=O) groups is 1. The van der Waals surface area contributed by atoms with Gasteiger partial charge in [-0.15, -0.1) is 5.26 Å². The molecule has 0 atom stereocenters. The number of rotatable bonds is 3. The molecule has 0 aromatic carbocycles. The van der Waals surface area contributed by atoms with E-state index in [0.717, 1.165) is 12.8 Å². The SMILES string of the molecule is CCCCC(=O)OC#N.[Na]. The van der Waals surface area contributed by atoms with E-state index in [9.17, 15) is 4.79 Å². The van der Waals surface area contributed by atoms with Crippen LogP contribution in [0.15, 0.2) is 0 Å². The first-order valence-corrected chi connectivity index (χ1v) is 2.90. The van der Waals surface area contributed by atoms with Crippen LogP contribution in [0.5, 0.6) is 0 Å². The molecule has 51 valence electrons. The van der Waals surface area contributed by atoms with Crippen molar-refractivity contribution < 1.29 is 9.53 Å². The van der Waals surface area contributed by atoms with Crippen LogP contribution in [0, 0.1) is 11.5 Å². The monoisotopic (exact) mass is 150 g/mol. The van der Waals surface area contributed by atoms with Crippen LogP contribution in [0.4, 0.5) is 0 Å². The van der Waals surface area contributed by atoms with Crippen molar-refractivity contribution in [3.63, 3.8) is 0 Å². The Bertz CT molecular complexity index is 130. The third-order valence-corrected chi connectivity index (χ3v) is 0.894. The van der Waals surface area contributed by atoms with Crippen molar-refractivity contribution in [2.75, 3.05) is 0 Å². The molecule has 0 fully saturated rings. The van der Waals surface area contributed by atoms with E-state index in [2.05, 4.69) is 4.74 Å². The molecule has 0 aromatic heterocycles. The summed E-state index contributed by atoms with van der Waals surface area (Å²) in [5.41, 5.74) is 0. The van der Waals surface area contributed by atoms with Gasteiger partial charge in [0.2, 0.25) is 0 Å². The number of unbranched alkanes of at least 4 members (excludes halogenated alkanes) is 1. The van der Waals surface area contributed by atoms with Crippen molar-refractivity contribution in [3.05, 3.63) is 0 Å². The smallest absolute Gasteiger partial charge is 0.321 e. The first-order valence-electron chi connectivity index (χ1n) is 2.90. The Morgan fingerprint density at radius 3 is 2.70 bits per heavy atom. The summed E-state index contributed by atoms with van der Waals surface area (Å²) in [7, 11) is 0. The molecule has 3 nitrogen and oxygen atoms in total. The fourth-order valence-electron chi connectivity index (χ4n) is 0.423. The number of esters is 1. The van der Waals surface area contributed by atoms with Gasteiger partial charge in [0.15, 0.2) is 0 Å². The van der Waals surface area contributed by atoms with Crippen molar-refractivity contribution in [1.82, 2.24) is 0 Å². The molecule has 1 radical (unpaired) electrons. The molecule has 0 heterocycles. The molecule has 0 unspecified atom stereocenters. The van der Waals surface area contributed by atoms with Gasteiger partial charge in [-0.2, -0.15) is 0 Å².